The van der Waals surface area contributed by atoms with E-state index in [1.165, 1.54) is 44.5 Å². The van der Waals surface area contributed by atoms with Gasteiger partial charge in [-0.15, -0.1) is 0 Å². The molecule has 0 atom stereocenters. The van der Waals surface area contributed by atoms with E-state index in [-0.39, 0.29) is 23.3 Å². The van der Waals surface area contributed by atoms with Crippen molar-refractivity contribution >= 4 is 17.6 Å². The van der Waals surface area contributed by atoms with E-state index in [4.69, 9.17) is 0 Å². The summed E-state index contributed by atoms with van der Waals surface area (Å²) >= 11 is 0. The number of aromatic nitrogens is 2. The van der Waals surface area contributed by atoms with Crippen LogP contribution in [0.25, 0.3) is 0 Å². The molecule has 30 heavy (non-hydrogen) atoms. The van der Waals surface area contributed by atoms with Crippen LogP contribution in [0.5, 0.6) is 0 Å². The Morgan fingerprint density at radius 3 is 2.30 bits per heavy atom. The third kappa shape index (κ3) is 4.67. The Hall–Kier alpha value is -2.80. The van der Waals surface area contributed by atoms with Crippen molar-refractivity contribution in [2.45, 2.75) is 45.1 Å². The highest BCUT2D eigenvalue weighted by Crippen LogP contribution is 2.24. The van der Waals surface area contributed by atoms with Crippen LogP contribution in [0, 0.1) is 6.92 Å². The molecule has 1 saturated carbocycles. The van der Waals surface area contributed by atoms with E-state index in [0.717, 1.165) is 18.7 Å². The highest BCUT2D eigenvalue weighted by Gasteiger charge is 2.29. The highest BCUT2D eigenvalue weighted by atomic mass is 16.2. The number of carbonyl (C=O) groups excluding carboxylic acids is 2. The van der Waals surface area contributed by atoms with E-state index in [2.05, 4.69) is 20.2 Å². The van der Waals surface area contributed by atoms with E-state index in [0.29, 0.717) is 24.7 Å². The van der Waals surface area contributed by atoms with Gasteiger partial charge in [0.15, 0.2) is 11.5 Å². The van der Waals surface area contributed by atoms with Crippen molar-refractivity contribution in [2.24, 2.45) is 0 Å². The quantitative estimate of drug-likeness (QED) is 0.842. The molecule has 0 spiro atoms. The molecule has 1 saturated heterocycles. The van der Waals surface area contributed by atoms with Crippen LogP contribution in [-0.4, -0.2) is 63.8 Å². The van der Waals surface area contributed by atoms with Crippen LogP contribution in [0.4, 0.5) is 5.82 Å². The molecule has 0 radical (unpaired) electrons. The van der Waals surface area contributed by atoms with Gasteiger partial charge in [0.05, 0.1) is 0 Å². The number of nitrogens with one attached hydrogen (secondary N) is 1. The zero-order valence-corrected chi connectivity index (χ0v) is 17.5. The molecular weight excluding hydrogens is 378 g/mol. The Morgan fingerprint density at radius 2 is 1.60 bits per heavy atom. The number of carbonyl (C=O) groups is 2. The Kier molecular flexibility index (Phi) is 6.38. The largest absolute Gasteiger partial charge is 0.335 e. The van der Waals surface area contributed by atoms with Crippen molar-refractivity contribution in [2.75, 3.05) is 31.5 Å². The van der Waals surface area contributed by atoms with E-state index in [9.17, 15) is 9.59 Å². The van der Waals surface area contributed by atoms with Crippen LogP contribution in [0.2, 0.25) is 0 Å². The minimum absolute atomic E-state index is 0.175. The molecule has 1 aromatic carbocycles. The monoisotopic (exact) mass is 407 g/mol. The lowest BCUT2D eigenvalue weighted by Crippen LogP contribution is -2.52. The lowest BCUT2D eigenvalue weighted by atomic mass is 9.94. The molecule has 158 valence electrons. The fourth-order valence-corrected chi connectivity index (χ4v) is 4.36. The molecule has 2 aliphatic rings. The third-order valence-electron chi connectivity index (χ3n) is 6.14. The second-order valence-electron chi connectivity index (χ2n) is 8.19. The van der Waals surface area contributed by atoms with Crippen molar-refractivity contribution in [3.05, 3.63) is 53.5 Å². The van der Waals surface area contributed by atoms with Crippen molar-refractivity contribution < 1.29 is 9.59 Å². The first kappa shape index (κ1) is 20.5. The van der Waals surface area contributed by atoms with Crippen LogP contribution >= 0.6 is 0 Å². The second-order valence-corrected chi connectivity index (χ2v) is 8.19. The van der Waals surface area contributed by atoms with Gasteiger partial charge in [0.2, 0.25) is 0 Å². The zero-order chi connectivity index (χ0) is 20.9. The number of hydrogen-bond acceptors (Lipinski definition) is 5. The third-order valence-corrected chi connectivity index (χ3v) is 6.14. The summed E-state index contributed by atoms with van der Waals surface area (Å²) < 4.78 is 0. The van der Waals surface area contributed by atoms with Crippen LogP contribution in [0.15, 0.2) is 36.7 Å². The zero-order valence-electron chi connectivity index (χ0n) is 17.5. The van der Waals surface area contributed by atoms with E-state index in [1.807, 2.05) is 24.0 Å². The number of anilines is 1. The van der Waals surface area contributed by atoms with Gasteiger partial charge in [-0.3, -0.25) is 14.5 Å². The average molecular weight is 408 g/mol. The SMILES string of the molecule is Cc1ccc(C(=O)Nc2nccnc2C(=O)N2CCN(C3CCCCC3)CC2)cc1. The number of nitrogens with zero attached hydrogens (tertiary/aromatic N) is 4. The minimum Gasteiger partial charge on any atom is -0.335 e. The van der Waals surface area contributed by atoms with Gasteiger partial charge in [0, 0.05) is 50.2 Å². The Morgan fingerprint density at radius 1 is 0.933 bits per heavy atom. The maximum atomic E-state index is 13.1. The minimum atomic E-state index is -0.299. The molecule has 0 unspecified atom stereocenters. The smallest absolute Gasteiger partial charge is 0.276 e. The second kappa shape index (κ2) is 9.34. The number of piperazine rings is 1. The summed E-state index contributed by atoms with van der Waals surface area (Å²) in [6, 6.07) is 7.93. The topological polar surface area (TPSA) is 78.4 Å². The molecule has 2 aromatic rings. The van der Waals surface area contributed by atoms with Gasteiger partial charge in [-0.25, -0.2) is 9.97 Å². The molecular formula is C23H29N5O2. The van der Waals surface area contributed by atoms with Gasteiger partial charge < -0.3 is 10.2 Å². The summed E-state index contributed by atoms with van der Waals surface area (Å²) in [5.41, 5.74) is 1.80. The van der Waals surface area contributed by atoms with Crippen molar-refractivity contribution in [1.82, 2.24) is 19.8 Å². The van der Waals surface area contributed by atoms with Crippen LogP contribution in [0.1, 0.15) is 58.5 Å². The van der Waals surface area contributed by atoms with Crippen molar-refractivity contribution in [1.29, 1.82) is 0 Å². The lowest BCUT2D eigenvalue weighted by Gasteiger charge is -2.40. The number of hydrogen-bond donors (Lipinski definition) is 1. The predicted molar refractivity (Wildman–Crippen MR) is 116 cm³/mol. The summed E-state index contributed by atoms with van der Waals surface area (Å²) in [5.74, 6) is -0.264. The van der Waals surface area contributed by atoms with Crippen molar-refractivity contribution in [3.8, 4) is 0 Å². The van der Waals surface area contributed by atoms with Gasteiger partial charge in [0.25, 0.3) is 11.8 Å². The molecule has 4 rings (SSSR count). The first-order valence-corrected chi connectivity index (χ1v) is 10.8. The summed E-state index contributed by atoms with van der Waals surface area (Å²) in [5, 5.41) is 2.76. The van der Waals surface area contributed by atoms with Gasteiger partial charge in [-0.1, -0.05) is 37.0 Å². The number of benzene rings is 1. The summed E-state index contributed by atoms with van der Waals surface area (Å²) in [7, 11) is 0. The van der Waals surface area contributed by atoms with E-state index in [1.54, 1.807) is 12.1 Å². The van der Waals surface area contributed by atoms with Crippen molar-refractivity contribution in [3.63, 3.8) is 0 Å². The predicted octanol–water partition coefficient (Wildman–Crippen LogP) is 3.13. The molecule has 1 aliphatic carbocycles. The molecule has 2 heterocycles. The summed E-state index contributed by atoms with van der Waals surface area (Å²) in [6.45, 7) is 5.10. The van der Waals surface area contributed by atoms with E-state index < -0.39 is 0 Å². The Bertz CT molecular complexity index is 885. The first-order valence-electron chi connectivity index (χ1n) is 10.8. The fraction of sp³-hybridized carbons (Fsp3) is 0.478. The molecule has 1 aliphatic heterocycles. The maximum Gasteiger partial charge on any atom is 0.276 e. The van der Waals surface area contributed by atoms with Gasteiger partial charge >= 0.3 is 0 Å². The highest BCUT2D eigenvalue weighted by molar-refractivity contribution is 6.07. The normalized spacial score (nSPS) is 18.2. The molecule has 2 amide bonds. The van der Waals surface area contributed by atoms with Gasteiger partial charge in [-0.2, -0.15) is 0 Å². The first-order chi connectivity index (χ1) is 14.6. The fourth-order valence-electron chi connectivity index (χ4n) is 4.36. The Balaban J connectivity index is 1.41. The summed E-state index contributed by atoms with van der Waals surface area (Å²) in [6.07, 6.45) is 9.50. The van der Waals surface area contributed by atoms with Crippen LogP contribution < -0.4 is 5.32 Å². The molecule has 1 N–H and O–H groups in total. The lowest BCUT2D eigenvalue weighted by molar-refractivity contribution is 0.0519. The average Bonchev–Trinajstić information content (AvgIpc) is 2.80. The standard InChI is InChI=1S/C23H29N5O2/c1-17-7-9-18(10-8-17)22(29)26-21-20(24-11-12-25-21)23(30)28-15-13-27(14-16-28)19-5-3-2-4-6-19/h7-12,19H,2-6,13-16H2,1H3,(H,25,26,29). The summed E-state index contributed by atoms with van der Waals surface area (Å²) in [4.78, 5) is 38.5. The maximum absolute atomic E-state index is 13.1. The number of rotatable bonds is 4. The molecule has 7 nitrogen and oxygen atoms in total. The van der Waals surface area contributed by atoms with Gasteiger partial charge in [-0.05, 0) is 31.9 Å². The Labute approximate surface area is 177 Å². The van der Waals surface area contributed by atoms with E-state index >= 15 is 0 Å². The van der Waals surface area contributed by atoms with Crippen LogP contribution in [-0.2, 0) is 0 Å². The molecule has 2 fully saturated rings. The van der Waals surface area contributed by atoms with Gasteiger partial charge in [0.1, 0.15) is 0 Å². The number of aryl methyl sites for hydroxylation is 1. The molecule has 0 bridgehead atoms. The molecule has 1 aromatic heterocycles. The number of amides is 2. The van der Waals surface area contributed by atoms with Crippen LogP contribution in [0.3, 0.4) is 0 Å². The molecule has 7 heteroatoms.